The number of carboxylic acids is 1. The summed E-state index contributed by atoms with van der Waals surface area (Å²) < 4.78 is 1.10. The van der Waals surface area contributed by atoms with Gasteiger partial charge in [-0.3, -0.25) is 9.59 Å². The van der Waals surface area contributed by atoms with E-state index in [0.717, 1.165) is 23.9 Å². The molecule has 1 aromatic rings. The number of piperidine rings is 1. The Morgan fingerprint density at radius 2 is 2.21 bits per heavy atom. The summed E-state index contributed by atoms with van der Waals surface area (Å²) in [5.74, 6) is -1.36. The van der Waals surface area contributed by atoms with Crippen molar-refractivity contribution in [3.8, 4) is 0 Å². The Bertz CT molecular complexity index is 473. The summed E-state index contributed by atoms with van der Waals surface area (Å²) in [7, 11) is 0. The van der Waals surface area contributed by atoms with Crippen LogP contribution in [0.25, 0.3) is 0 Å². The van der Waals surface area contributed by atoms with Crippen molar-refractivity contribution in [2.24, 2.45) is 0 Å². The summed E-state index contributed by atoms with van der Waals surface area (Å²) in [6.07, 6.45) is 3.97. The average molecular weight is 268 g/mol. The second-order valence-electron chi connectivity index (χ2n) is 4.53. The van der Waals surface area contributed by atoms with Gasteiger partial charge in [-0.1, -0.05) is 5.21 Å². The summed E-state index contributed by atoms with van der Waals surface area (Å²) in [6.45, 7) is 0.175. The van der Waals surface area contributed by atoms with E-state index in [4.69, 9.17) is 5.11 Å². The smallest absolute Gasteiger partial charge is 0.325 e. The Morgan fingerprint density at radius 1 is 1.42 bits per heavy atom. The highest BCUT2D eigenvalue weighted by Crippen LogP contribution is 2.18. The largest absolute Gasteiger partial charge is 0.480 e. The number of carbonyl (C=O) groups excluding carboxylic acids is 1. The van der Waals surface area contributed by atoms with Gasteiger partial charge >= 0.3 is 5.97 Å². The molecule has 1 fully saturated rings. The number of carbonyl (C=O) groups is 2. The fourth-order valence-electron chi connectivity index (χ4n) is 2.22. The van der Waals surface area contributed by atoms with E-state index in [2.05, 4.69) is 10.3 Å². The van der Waals surface area contributed by atoms with Gasteiger partial charge in [0.1, 0.15) is 6.54 Å². The van der Waals surface area contributed by atoms with Gasteiger partial charge in [0.2, 0.25) is 0 Å². The molecule has 0 spiro atoms. The summed E-state index contributed by atoms with van der Waals surface area (Å²) in [5, 5.41) is 25.2. The van der Waals surface area contributed by atoms with Crippen molar-refractivity contribution in [1.29, 1.82) is 0 Å². The molecule has 0 radical (unpaired) electrons. The fraction of sp³-hybridized carbons (Fsp3) is 0.636. The van der Waals surface area contributed by atoms with Crippen LogP contribution in [0.4, 0.5) is 0 Å². The number of rotatable bonds is 4. The molecule has 0 aromatic carbocycles. The van der Waals surface area contributed by atoms with E-state index in [0.29, 0.717) is 6.54 Å². The van der Waals surface area contributed by atoms with Crippen molar-refractivity contribution >= 4 is 11.9 Å². The number of hydrogen-bond donors (Lipinski definition) is 2. The van der Waals surface area contributed by atoms with Gasteiger partial charge in [0.05, 0.1) is 18.8 Å². The zero-order valence-corrected chi connectivity index (χ0v) is 10.4. The summed E-state index contributed by atoms with van der Waals surface area (Å²) >= 11 is 0. The van der Waals surface area contributed by atoms with Crippen molar-refractivity contribution in [1.82, 2.24) is 19.9 Å². The van der Waals surface area contributed by atoms with Crippen LogP contribution in [0.5, 0.6) is 0 Å². The van der Waals surface area contributed by atoms with E-state index < -0.39 is 5.97 Å². The molecule has 1 aliphatic heterocycles. The van der Waals surface area contributed by atoms with Gasteiger partial charge in [0, 0.05) is 6.54 Å². The monoisotopic (exact) mass is 268 g/mol. The third-order valence-corrected chi connectivity index (χ3v) is 3.15. The molecule has 1 saturated heterocycles. The number of aliphatic carboxylic acids is 1. The van der Waals surface area contributed by atoms with Gasteiger partial charge in [-0.2, -0.15) is 0 Å². The fourth-order valence-corrected chi connectivity index (χ4v) is 2.22. The number of nitrogens with zero attached hydrogens (tertiary/aromatic N) is 4. The van der Waals surface area contributed by atoms with Crippen LogP contribution in [0.1, 0.15) is 29.8 Å². The van der Waals surface area contributed by atoms with Crippen molar-refractivity contribution in [3.05, 3.63) is 11.9 Å². The molecule has 1 aliphatic rings. The minimum atomic E-state index is -1.05. The van der Waals surface area contributed by atoms with E-state index in [1.54, 1.807) is 4.90 Å². The molecule has 1 aromatic heterocycles. The first-order valence-electron chi connectivity index (χ1n) is 6.15. The minimum Gasteiger partial charge on any atom is -0.480 e. The number of aromatic nitrogens is 3. The lowest BCUT2D eigenvalue weighted by Gasteiger charge is -2.33. The third-order valence-electron chi connectivity index (χ3n) is 3.15. The van der Waals surface area contributed by atoms with Crippen LogP contribution in [-0.4, -0.2) is 61.2 Å². The first-order chi connectivity index (χ1) is 9.11. The number of amides is 1. The Labute approximate surface area is 109 Å². The molecule has 1 amide bonds. The van der Waals surface area contributed by atoms with Crippen LogP contribution in [0.15, 0.2) is 6.20 Å². The maximum absolute atomic E-state index is 12.2. The van der Waals surface area contributed by atoms with Gasteiger partial charge < -0.3 is 15.1 Å². The van der Waals surface area contributed by atoms with Crippen LogP contribution in [0.3, 0.4) is 0 Å². The molecular weight excluding hydrogens is 252 g/mol. The lowest BCUT2D eigenvalue weighted by Crippen LogP contribution is -2.45. The van der Waals surface area contributed by atoms with E-state index >= 15 is 0 Å². The van der Waals surface area contributed by atoms with E-state index in [9.17, 15) is 14.7 Å². The quantitative estimate of drug-likeness (QED) is 0.751. The Hall–Kier alpha value is -1.96. The third kappa shape index (κ3) is 3.08. The first-order valence-corrected chi connectivity index (χ1v) is 6.15. The molecule has 8 nitrogen and oxygen atoms in total. The first kappa shape index (κ1) is 13.5. The second kappa shape index (κ2) is 5.79. The molecule has 1 unspecified atom stereocenters. The van der Waals surface area contributed by atoms with Crippen molar-refractivity contribution in [2.75, 3.05) is 13.2 Å². The lowest BCUT2D eigenvalue weighted by atomic mass is 10.0. The minimum absolute atomic E-state index is 0.0744. The van der Waals surface area contributed by atoms with E-state index in [1.807, 2.05) is 0 Å². The van der Waals surface area contributed by atoms with E-state index in [1.165, 1.54) is 6.20 Å². The molecule has 2 heterocycles. The molecule has 104 valence electrons. The van der Waals surface area contributed by atoms with Gasteiger partial charge in [0.15, 0.2) is 5.69 Å². The average Bonchev–Trinajstić information content (AvgIpc) is 2.85. The molecule has 2 N–H and O–H groups in total. The highest BCUT2D eigenvalue weighted by atomic mass is 16.4. The molecule has 8 heteroatoms. The molecular formula is C11H16N4O4. The molecule has 19 heavy (non-hydrogen) atoms. The Kier molecular flexibility index (Phi) is 4.10. The molecule has 0 bridgehead atoms. The second-order valence-corrected chi connectivity index (χ2v) is 4.53. The maximum atomic E-state index is 12.2. The summed E-state index contributed by atoms with van der Waals surface area (Å²) in [5.41, 5.74) is 0.113. The zero-order valence-electron chi connectivity index (χ0n) is 10.4. The predicted octanol–water partition coefficient (Wildman–Crippen LogP) is -0.650. The highest BCUT2D eigenvalue weighted by Gasteiger charge is 2.28. The van der Waals surface area contributed by atoms with Crippen molar-refractivity contribution in [3.63, 3.8) is 0 Å². The van der Waals surface area contributed by atoms with Crippen molar-refractivity contribution < 1.29 is 19.8 Å². The predicted molar refractivity (Wildman–Crippen MR) is 63.4 cm³/mol. The lowest BCUT2D eigenvalue weighted by molar-refractivity contribution is -0.137. The molecule has 2 rings (SSSR count). The maximum Gasteiger partial charge on any atom is 0.325 e. The Balaban J connectivity index is 2.09. The zero-order chi connectivity index (χ0) is 13.8. The molecule has 0 aliphatic carbocycles. The number of carboxylic acid groups (broad SMARTS) is 1. The van der Waals surface area contributed by atoms with Gasteiger partial charge in [0.25, 0.3) is 5.91 Å². The van der Waals surface area contributed by atoms with Gasteiger partial charge in [-0.05, 0) is 19.3 Å². The standard InChI is InChI=1S/C11H16N4O4/c16-7-8-3-1-2-4-15(8)11(19)9-5-14(13-12-9)6-10(17)18/h5,8,16H,1-4,6-7H2,(H,17,18). The van der Waals surface area contributed by atoms with Gasteiger partial charge in [-0.25, -0.2) is 4.68 Å². The van der Waals surface area contributed by atoms with Crippen LogP contribution >= 0.6 is 0 Å². The van der Waals surface area contributed by atoms with Gasteiger partial charge in [-0.15, -0.1) is 5.10 Å². The van der Waals surface area contributed by atoms with Crippen molar-refractivity contribution in [2.45, 2.75) is 31.8 Å². The Morgan fingerprint density at radius 3 is 2.89 bits per heavy atom. The van der Waals surface area contributed by atoms with Crippen LogP contribution < -0.4 is 0 Å². The summed E-state index contributed by atoms with van der Waals surface area (Å²) in [4.78, 5) is 24.3. The SMILES string of the molecule is O=C(O)Cn1cc(C(=O)N2CCCCC2CO)nn1. The molecule has 0 saturated carbocycles. The van der Waals surface area contributed by atoms with Crippen LogP contribution in [0, 0.1) is 0 Å². The number of aliphatic hydroxyl groups excluding tert-OH is 1. The van der Waals surface area contributed by atoms with E-state index in [-0.39, 0.29) is 30.8 Å². The van der Waals surface area contributed by atoms with Crippen LogP contribution in [0.2, 0.25) is 0 Å². The summed E-state index contributed by atoms with van der Waals surface area (Å²) in [6, 6.07) is -0.189. The number of aliphatic hydroxyl groups is 1. The number of hydrogen-bond acceptors (Lipinski definition) is 5. The molecule has 1 atom stereocenters. The van der Waals surface area contributed by atoms with Crippen LogP contribution in [-0.2, 0) is 11.3 Å². The number of likely N-dealkylation sites (tertiary alicyclic amines) is 1. The normalized spacial score (nSPS) is 19.4. The topological polar surface area (TPSA) is 109 Å². The highest BCUT2D eigenvalue weighted by molar-refractivity contribution is 5.92.